The molecule has 104 valence electrons. The van der Waals surface area contributed by atoms with Crippen LogP contribution in [-0.2, 0) is 24.3 Å². The lowest BCUT2D eigenvalue weighted by Crippen LogP contribution is -2.44. The zero-order valence-corrected chi connectivity index (χ0v) is 11.4. The van der Waals surface area contributed by atoms with Crippen LogP contribution in [0.3, 0.4) is 0 Å². The molecule has 1 aliphatic rings. The first-order valence-corrected chi connectivity index (χ1v) is 7.37. The summed E-state index contributed by atoms with van der Waals surface area (Å²) >= 11 is 5.71. The molecule has 0 radical (unpaired) electrons. The van der Waals surface area contributed by atoms with Crippen LogP contribution in [0.5, 0.6) is 0 Å². The van der Waals surface area contributed by atoms with Gasteiger partial charge in [-0.3, -0.25) is 4.79 Å². The first-order valence-electron chi connectivity index (χ1n) is 5.50. The topological polar surface area (TPSA) is 81.7 Å². The fourth-order valence-electron chi connectivity index (χ4n) is 1.53. The fraction of sp³-hybridized carbons (Fsp3) is 0.364. The van der Waals surface area contributed by atoms with Gasteiger partial charge in [-0.1, -0.05) is 17.7 Å². The average Bonchev–Trinajstić information content (AvgIpc) is 2.39. The van der Waals surface area contributed by atoms with E-state index in [2.05, 4.69) is 0 Å². The Morgan fingerprint density at radius 1 is 1.37 bits per heavy atom. The van der Waals surface area contributed by atoms with Gasteiger partial charge in [0, 0.05) is 5.02 Å². The molecular weight excluding hydrogens is 294 g/mol. The molecule has 1 aliphatic heterocycles. The first-order chi connectivity index (χ1) is 8.99. The van der Waals surface area contributed by atoms with E-state index in [1.165, 1.54) is 18.2 Å². The highest BCUT2D eigenvalue weighted by atomic mass is 35.5. The molecule has 2 rings (SSSR count). The zero-order chi connectivity index (χ0) is 13.9. The second-order valence-corrected chi connectivity index (χ2v) is 5.98. The van der Waals surface area contributed by atoms with Gasteiger partial charge in [-0.2, -0.15) is 0 Å². The van der Waals surface area contributed by atoms with Crippen molar-refractivity contribution in [3.63, 3.8) is 0 Å². The van der Waals surface area contributed by atoms with Crippen molar-refractivity contribution in [1.29, 1.82) is 0 Å². The molecule has 0 spiro atoms. The molecule has 0 bridgehead atoms. The Morgan fingerprint density at radius 2 is 2.16 bits per heavy atom. The second kappa shape index (κ2) is 5.87. The number of ether oxygens (including phenoxy) is 2. The first kappa shape index (κ1) is 14.3. The summed E-state index contributed by atoms with van der Waals surface area (Å²) in [6, 6.07) is 5.64. The minimum Gasteiger partial charge on any atom is -0.376 e. The SMILES string of the molecule is O=C(NS(=O)(=O)c1cccc(Cl)c1)[C@@H]1COCCO1. The minimum absolute atomic E-state index is 0.0386. The predicted molar refractivity (Wildman–Crippen MR) is 67.3 cm³/mol. The van der Waals surface area contributed by atoms with Crippen molar-refractivity contribution in [3.8, 4) is 0 Å². The minimum atomic E-state index is -3.95. The number of benzene rings is 1. The van der Waals surface area contributed by atoms with Crippen molar-refractivity contribution in [1.82, 2.24) is 4.72 Å². The maximum absolute atomic E-state index is 12.0. The van der Waals surface area contributed by atoms with Gasteiger partial charge < -0.3 is 9.47 Å². The number of hydrogen-bond acceptors (Lipinski definition) is 5. The number of rotatable bonds is 3. The zero-order valence-electron chi connectivity index (χ0n) is 9.84. The second-order valence-electron chi connectivity index (χ2n) is 3.86. The van der Waals surface area contributed by atoms with Crippen molar-refractivity contribution < 1.29 is 22.7 Å². The summed E-state index contributed by atoms with van der Waals surface area (Å²) in [5, 5.41) is 0.271. The third-order valence-electron chi connectivity index (χ3n) is 2.45. The Bertz CT molecular complexity index is 568. The quantitative estimate of drug-likeness (QED) is 0.882. The largest absolute Gasteiger partial charge is 0.376 e. The summed E-state index contributed by atoms with van der Waals surface area (Å²) in [5.74, 6) is -0.750. The van der Waals surface area contributed by atoms with Crippen molar-refractivity contribution in [2.24, 2.45) is 0 Å². The highest BCUT2D eigenvalue weighted by Crippen LogP contribution is 2.15. The van der Waals surface area contributed by atoms with E-state index in [1.807, 2.05) is 4.72 Å². The molecule has 1 aromatic rings. The van der Waals surface area contributed by atoms with Crippen LogP contribution in [0.2, 0.25) is 5.02 Å². The molecule has 1 fully saturated rings. The lowest BCUT2D eigenvalue weighted by molar-refractivity contribution is -0.145. The number of halogens is 1. The molecule has 1 heterocycles. The molecule has 1 amide bonds. The Labute approximate surface area is 115 Å². The number of nitrogens with one attached hydrogen (secondary N) is 1. The van der Waals surface area contributed by atoms with Crippen LogP contribution in [0.4, 0.5) is 0 Å². The van der Waals surface area contributed by atoms with Crippen LogP contribution >= 0.6 is 11.6 Å². The van der Waals surface area contributed by atoms with Gasteiger partial charge in [-0.25, -0.2) is 13.1 Å². The van der Waals surface area contributed by atoms with E-state index in [1.54, 1.807) is 6.07 Å². The van der Waals surface area contributed by atoms with Gasteiger partial charge in [-0.15, -0.1) is 0 Å². The number of hydrogen-bond donors (Lipinski definition) is 1. The normalized spacial score (nSPS) is 19.9. The summed E-state index contributed by atoms with van der Waals surface area (Å²) in [6.45, 7) is 0.691. The van der Waals surface area contributed by atoms with Crippen molar-refractivity contribution in [2.45, 2.75) is 11.0 Å². The van der Waals surface area contributed by atoms with Crippen LogP contribution in [-0.4, -0.2) is 40.2 Å². The predicted octanol–water partition coefficient (Wildman–Crippen LogP) is 0.560. The summed E-state index contributed by atoms with van der Waals surface area (Å²) in [6.07, 6.45) is -0.914. The van der Waals surface area contributed by atoms with Crippen molar-refractivity contribution in [2.75, 3.05) is 19.8 Å². The molecule has 19 heavy (non-hydrogen) atoms. The monoisotopic (exact) mass is 305 g/mol. The van der Waals surface area contributed by atoms with Crippen molar-refractivity contribution >= 4 is 27.5 Å². The smallest absolute Gasteiger partial charge is 0.265 e. The summed E-state index contributed by atoms with van der Waals surface area (Å²) in [4.78, 5) is 11.7. The molecule has 1 saturated heterocycles. The molecule has 0 saturated carbocycles. The molecule has 1 atom stereocenters. The number of amides is 1. The lowest BCUT2D eigenvalue weighted by atomic mass is 10.3. The van der Waals surface area contributed by atoms with Gasteiger partial charge in [0.25, 0.3) is 15.9 Å². The van der Waals surface area contributed by atoms with Gasteiger partial charge >= 0.3 is 0 Å². The molecule has 0 unspecified atom stereocenters. The standard InChI is InChI=1S/C11H12ClNO5S/c12-8-2-1-3-9(6-8)19(15,16)13-11(14)10-7-17-4-5-18-10/h1-3,6,10H,4-5,7H2,(H,13,14)/t10-/m0/s1. The van der Waals surface area contributed by atoms with Crippen molar-refractivity contribution in [3.05, 3.63) is 29.3 Å². The molecular formula is C11H12ClNO5S. The molecule has 8 heteroatoms. The van der Waals surface area contributed by atoms with E-state index < -0.39 is 22.0 Å². The van der Waals surface area contributed by atoms with Crippen LogP contribution < -0.4 is 4.72 Å². The van der Waals surface area contributed by atoms with Crippen LogP contribution in [0, 0.1) is 0 Å². The molecule has 1 N–H and O–H groups in total. The van der Waals surface area contributed by atoms with E-state index in [0.29, 0.717) is 6.61 Å². The van der Waals surface area contributed by atoms with E-state index in [4.69, 9.17) is 21.1 Å². The Hall–Kier alpha value is -1.15. The molecule has 0 aromatic heterocycles. The maximum Gasteiger partial charge on any atom is 0.265 e. The van der Waals surface area contributed by atoms with E-state index >= 15 is 0 Å². The van der Waals surface area contributed by atoms with Gasteiger partial charge in [0.1, 0.15) is 0 Å². The third kappa shape index (κ3) is 3.66. The van der Waals surface area contributed by atoms with E-state index in [0.717, 1.165) is 0 Å². The summed E-state index contributed by atoms with van der Waals surface area (Å²) < 4.78 is 36.0. The molecule has 0 aliphatic carbocycles. The van der Waals surface area contributed by atoms with Gasteiger partial charge in [0.05, 0.1) is 24.7 Å². The van der Waals surface area contributed by atoms with Crippen LogP contribution in [0.25, 0.3) is 0 Å². The van der Waals surface area contributed by atoms with Crippen LogP contribution in [0.1, 0.15) is 0 Å². The highest BCUT2D eigenvalue weighted by Gasteiger charge is 2.27. The summed E-state index contributed by atoms with van der Waals surface area (Å²) in [7, 11) is -3.95. The Kier molecular flexibility index (Phi) is 4.41. The van der Waals surface area contributed by atoms with E-state index in [-0.39, 0.29) is 23.1 Å². The fourth-order valence-corrected chi connectivity index (χ4v) is 2.84. The number of carbonyl (C=O) groups excluding carboxylic acids is 1. The summed E-state index contributed by atoms with van der Waals surface area (Å²) in [5.41, 5.74) is 0. The number of carbonyl (C=O) groups is 1. The Balaban J connectivity index is 2.10. The highest BCUT2D eigenvalue weighted by molar-refractivity contribution is 7.90. The molecule has 1 aromatic carbocycles. The third-order valence-corrected chi connectivity index (χ3v) is 4.03. The molecule has 6 nitrogen and oxygen atoms in total. The van der Waals surface area contributed by atoms with Gasteiger partial charge in [0.15, 0.2) is 6.10 Å². The number of sulfonamides is 1. The Morgan fingerprint density at radius 3 is 2.79 bits per heavy atom. The van der Waals surface area contributed by atoms with Crippen LogP contribution in [0.15, 0.2) is 29.2 Å². The van der Waals surface area contributed by atoms with Gasteiger partial charge in [-0.05, 0) is 18.2 Å². The van der Waals surface area contributed by atoms with Gasteiger partial charge in [0.2, 0.25) is 0 Å². The van der Waals surface area contributed by atoms with E-state index in [9.17, 15) is 13.2 Å². The maximum atomic E-state index is 12.0. The average molecular weight is 306 g/mol. The lowest BCUT2D eigenvalue weighted by Gasteiger charge is -2.21.